The van der Waals surface area contributed by atoms with Gasteiger partial charge in [0.15, 0.2) is 19.0 Å². The third-order valence-corrected chi connectivity index (χ3v) is 5.13. The number of benzene rings is 2. The van der Waals surface area contributed by atoms with Crippen LogP contribution in [0.5, 0.6) is 11.5 Å². The van der Waals surface area contributed by atoms with Crippen molar-refractivity contribution in [2.75, 3.05) is 13.2 Å². The molecule has 8 heteroatoms. The largest absolute Gasteiger partial charge is 0.484 e. The minimum absolute atomic E-state index is 0.0433. The first kappa shape index (κ1) is 20.8. The summed E-state index contributed by atoms with van der Waals surface area (Å²) in [5, 5.41) is 4.07. The van der Waals surface area contributed by atoms with Gasteiger partial charge in [0.1, 0.15) is 17.3 Å². The summed E-state index contributed by atoms with van der Waals surface area (Å²) in [6, 6.07) is 13.0. The summed E-state index contributed by atoms with van der Waals surface area (Å²) < 4.78 is 29.5. The number of likely N-dealkylation sites (tertiary alicyclic amines) is 1. The number of piperidine rings is 1. The average Bonchev–Trinajstić information content (AvgIpc) is 3.26. The Morgan fingerprint density at radius 1 is 1.16 bits per heavy atom. The number of amides is 1. The molecule has 162 valence electrons. The molecule has 0 saturated carbocycles. The van der Waals surface area contributed by atoms with Crippen LogP contribution >= 0.6 is 0 Å². The molecule has 1 aromatic heterocycles. The summed E-state index contributed by atoms with van der Waals surface area (Å²) in [6.07, 6.45) is 2.65. The SMILES string of the molecule is Cc1cccc(OCC(=O)N2CCCCC2c2noc(COc3ccc(F)cc3)n2)c1. The number of carbonyl (C=O) groups is 1. The zero-order chi connectivity index (χ0) is 21.6. The first-order valence-electron chi connectivity index (χ1n) is 10.3. The van der Waals surface area contributed by atoms with Crippen LogP contribution in [0.25, 0.3) is 0 Å². The minimum Gasteiger partial charge on any atom is -0.484 e. The van der Waals surface area contributed by atoms with Crippen molar-refractivity contribution in [3.8, 4) is 11.5 Å². The van der Waals surface area contributed by atoms with E-state index in [-0.39, 0.29) is 31.0 Å². The molecule has 31 heavy (non-hydrogen) atoms. The van der Waals surface area contributed by atoms with Crippen LogP contribution in [0.2, 0.25) is 0 Å². The van der Waals surface area contributed by atoms with Gasteiger partial charge in [0.2, 0.25) is 0 Å². The van der Waals surface area contributed by atoms with Crippen LogP contribution in [-0.4, -0.2) is 34.1 Å². The van der Waals surface area contributed by atoms with Crippen molar-refractivity contribution in [2.45, 2.75) is 38.8 Å². The zero-order valence-electron chi connectivity index (χ0n) is 17.3. The number of halogens is 1. The number of hydrogen-bond acceptors (Lipinski definition) is 6. The monoisotopic (exact) mass is 425 g/mol. The van der Waals surface area contributed by atoms with Gasteiger partial charge in [0, 0.05) is 6.54 Å². The van der Waals surface area contributed by atoms with E-state index < -0.39 is 0 Å². The topological polar surface area (TPSA) is 77.7 Å². The Balaban J connectivity index is 1.37. The third kappa shape index (κ3) is 5.39. The third-order valence-electron chi connectivity index (χ3n) is 5.13. The molecule has 1 amide bonds. The Bertz CT molecular complexity index is 1020. The second-order valence-electron chi connectivity index (χ2n) is 7.49. The predicted molar refractivity (Wildman–Crippen MR) is 110 cm³/mol. The number of carbonyl (C=O) groups excluding carboxylic acids is 1. The van der Waals surface area contributed by atoms with E-state index in [1.54, 1.807) is 4.90 Å². The highest BCUT2D eigenvalue weighted by molar-refractivity contribution is 5.78. The number of aryl methyl sites for hydroxylation is 1. The van der Waals surface area contributed by atoms with Gasteiger partial charge in [-0.25, -0.2) is 4.39 Å². The molecule has 1 saturated heterocycles. The Morgan fingerprint density at radius 3 is 2.81 bits per heavy atom. The highest BCUT2D eigenvalue weighted by atomic mass is 19.1. The highest BCUT2D eigenvalue weighted by Gasteiger charge is 2.31. The summed E-state index contributed by atoms with van der Waals surface area (Å²) in [5.74, 6) is 1.49. The lowest BCUT2D eigenvalue weighted by Gasteiger charge is -2.33. The molecule has 0 aliphatic carbocycles. The van der Waals surface area contributed by atoms with Gasteiger partial charge in [0.25, 0.3) is 11.8 Å². The van der Waals surface area contributed by atoms with E-state index in [0.29, 0.717) is 29.8 Å². The van der Waals surface area contributed by atoms with E-state index in [1.165, 1.54) is 24.3 Å². The summed E-state index contributed by atoms with van der Waals surface area (Å²) >= 11 is 0. The Hall–Kier alpha value is -3.42. The molecule has 2 heterocycles. The molecule has 1 aliphatic heterocycles. The Morgan fingerprint density at radius 2 is 2.00 bits per heavy atom. The standard InChI is InChI=1S/C23H24FN3O4/c1-16-5-4-6-19(13-16)30-15-22(28)27-12-3-2-7-20(27)23-25-21(31-26-23)14-29-18-10-8-17(24)9-11-18/h4-6,8-11,13,20H,2-3,7,12,14-15H2,1H3. The molecule has 1 unspecified atom stereocenters. The fourth-order valence-electron chi connectivity index (χ4n) is 3.57. The molecular formula is C23H24FN3O4. The van der Waals surface area contributed by atoms with Crippen molar-refractivity contribution in [3.63, 3.8) is 0 Å². The predicted octanol–water partition coefficient (Wildman–Crippen LogP) is 4.23. The molecule has 0 spiro atoms. The molecule has 1 fully saturated rings. The normalized spacial score (nSPS) is 16.2. The van der Waals surface area contributed by atoms with Crippen molar-refractivity contribution in [2.24, 2.45) is 0 Å². The Kier molecular flexibility index (Phi) is 6.45. The summed E-state index contributed by atoms with van der Waals surface area (Å²) in [4.78, 5) is 19.0. The van der Waals surface area contributed by atoms with Crippen molar-refractivity contribution >= 4 is 5.91 Å². The van der Waals surface area contributed by atoms with Gasteiger partial charge in [-0.3, -0.25) is 4.79 Å². The highest BCUT2D eigenvalue weighted by Crippen LogP contribution is 2.29. The molecule has 1 atom stereocenters. The van der Waals surface area contributed by atoms with Gasteiger partial charge in [-0.1, -0.05) is 17.3 Å². The average molecular weight is 425 g/mol. The van der Waals surface area contributed by atoms with Gasteiger partial charge in [-0.05, 0) is 68.1 Å². The minimum atomic E-state index is -0.333. The number of nitrogens with zero attached hydrogens (tertiary/aromatic N) is 3. The van der Waals surface area contributed by atoms with Gasteiger partial charge in [-0.15, -0.1) is 0 Å². The number of aromatic nitrogens is 2. The number of ether oxygens (including phenoxy) is 2. The fraction of sp³-hybridized carbons (Fsp3) is 0.348. The molecule has 7 nitrogen and oxygen atoms in total. The van der Waals surface area contributed by atoms with E-state index in [1.807, 2.05) is 31.2 Å². The van der Waals surface area contributed by atoms with E-state index in [2.05, 4.69) is 10.1 Å². The Labute approximate surface area is 179 Å². The van der Waals surface area contributed by atoms with Crippen LogP contribution in [0.15, 0.2) is 53.1 Å². The lowest BCUT2D eigenvalue weighted by atomic mass is 10.0. The van der Waals surface area contributed by atoms with Crippen LogP contribution in [0.3, 0.4) is 0 Å². The van der Waals surface area contributed by atoms with Gasteiger partial charge in [-0.2, -0.15) is 4.98 Å². The van der Waals surface area contributed by atoms with Gasteiger partial charge in [0.05, 0.1) is 6.04 Å². The first-order chi connectivity index (χ1) is 15.1. The van der Waals surface area contributed by atoms with Crippen LogP contribution in [0.1, 0.15) is 42.6 Å². The first-order valence-corrected chi connectivity index (χ1v) is 10.3. The second-order valence-corrected chi connectivity index (χ2v) is 7.49. The van der Waals surface area contributed by atoms with E-state index in [9.17, 15) is 9.18 Å². The molecular weight excluding hydrogens is 401 g/mol. The molecule has 1 aliphatic rings. The molecule has 0 bridgehead atoms. The lowest BCUT2D eigenvalue weighted by molar-refractivity contribution is -0.137. The molecule has 0 N–H and O–H groups in total. The van der Waals surface area contributed by atoms with E-state index >= 15 is 0 Å². The molecule has 4 rings (SSSR count). The van der Waals surface area contributed by atoms with Crippen LogP contribution in [0.4, 0.5) is 4.39 Å². The van der Waals surface area contributed by atoms with E-state index in [0.717, 1.165) is 24.8 Å². The van der Waals surface area contributed by atoms with Gasteiger partial charge >= 0.3 is 0 Å². The maximum Gasteiger partial charge on any atom is 0.264 e. The van der Waals surface area contributed by atoms with Crippen molar-refractivity contribution in [1.82, 2.24) is 15.0 Å². The van der Waals surface area contributed by atoms with Crippen molar-refractivity contribution in [1.29, 1.82) is 0 Å². The van der Waals surface area contributed by atoms with Crippen LogP contribution < -0.4 is 9.47 Å². The van der Waals surface area contributed by atoms with Crippen molar-refractivity contribution in [3.05, 3.63) is 71.6 Å². The number of rotatable bonds is 7. The van der Waals surface area contributed by atoms with E-state index in [4.69, 9.17) is 14.0 Å². The summed E-state index contributed by atoms with van der Waals surface area (Å²) in [7, 11) is 0. The van der Waals surface area contributed by atoms with Crippen LogP contribution in [-0.2, 0) is 11.4 Å². The second kappa shape index (κ2) is 9.59. The molecule has 3 aromatic rings. The maximum atomic E-state index is 13.0. The quantitative estimate of drug-likeness (QED) is 0.564. The summed E-state index contributed by atoms with van der Waals surface area (Å²) in [6.45, 7) is 2.62. The van der Waals surface area contributed by atoms with Gasteiger partial charge < -0.3 is 18.9 Å². The lowest BCUT2D eigenvalue weighted by Crippen LogP contribution is -2.41. The fourth-order valence-corrected chi connectivity index (χ4v) is 3.57. The van der Waals surface area contributed by atoms with Crippen molar-refractivity contribution < 1.29 is 23.2 Å². The zero-order valence-corrected chi connectivity index (χ0v) is 17.3. The smallest absolute Gasteiger partial charge is 0.264 e. The summed E-state index contributed by atoms with van der Waals surface area (Å²) in [5.41, 5.74) is 1.07. The number of hydrogen-bond donors (Lipinski definition) is 0. The maximum absolute atomic E-state index is 13.0. The molecule has 2 aromatic carbocycles. The van der Waals surface area contributed by atoms with Crippen LogP contribution in [0, 0.1) is 12.7 Å². The molecule has 0 radical (unpaired) electrons.